The van der Waals surface area contributed by atoms with Crippen molar-refractivity contribution in [2.45, 2.75) is 32.6 Å². The number of benzene rings is 1. The minimum Gasteiger partial charge on any atom is -0.497 e. The molecule has 0 N–H and O–H groups in total. The molecule has 1 aromatic carbocycles. The second-order valence-corrected chi connectivity index (χ2v) is 6.59. The van der Waals surface area contributed by atoms with E-state index in [1.807, 2.05) is 18.2 Å². The Morgan fingerprint density at radius 3 is 2.61 bits per heavy atom. The Bertz CT molecular complexity index is 552. The molecule has 128 valence electrons. The van der Waals surface area contributed by atoms with Gasteiger partial charge < -0.3 is 18.9 Å². The number of ether oxygens (including phenoxy) is 4. The third kappa shape index (κ3) is 3.61. The first kappa shape index (κ1) is 17.6. The van der Waals surface area contributed by atoms with Crippen LogP contribution in [0, 0.1) is 11.3 Å². The van der Waals surface area contributed by atoms with Gasteiger partial charge in [0.2, 0.25) is 0 Å². The molecule has 2 atom stereocenters. The molecule has 1 aliphatic rings. The summed E-state index contributed by atoms with van der Waals surface area (Å²) < 4.78 is 21.1. The Morgan fingerprint density at radius 2 is 2.00 bits per heavy atom. The van der Waals surface area contributed by atoms with Gasteiger partial charge in [-0.05, 0) is 36.5 Å². The minimum atomic E-state index is -0.174. The predicted octanol–water partition coefficient (Wildman–Crippen LogP) is 3.37. The summed E-state index contributed by atoms with van der Waals surface area (Å²) >= 11 is 0. The quantitative estimate of drug-likeness (QED) is 0.594. The molecule has 1 aliphatic carbocycles. The highest BCUT2D eigenvalue weighted by atomic mass is 16.7. The molecule has 2 rings (SSSR count). The Labute approximate surface area is 137 Å². The van der Waals surface area contributed by atoms with E-state index in [4.69, 9.17) is 18.9 Å². The van der Waals surface area contributed by atoms with E-state index in [1.54, 1.807) is 14.2 Å². The largest absolute Gasteiger partial charge is 0.497 e. The van der Waals surface area contributed by atoms with Crippen LogP contribution in [0.1, 0.15) is 38.2 Å². The molecule has 0 aromatic heterocycles. The fourth-order valence-electron chi connectivity index (χ4n) is 3.59. The topological polar surface area (TPSA) is 54.0 Å². The summed E-state index contributed by atoms with van der Waals surface area (Å²) in [5.41, 5.74) is 0.940. The van der Waals surface area contributed by atoms with Gasteiger partial charge in [-0.2, -0.15) is 0 Å². The van der Waals surface area contributed by atoms with Crippen molar-refractivity contribution in [3.8, 4) is 11.5 Å². The summed E-state index contributed by atoms with van der Waals surface area (Å²) in [7, 11) is 4.66. The number of hydrogen-bond acceptors (Lipinski definition) is 5. The van der Waals surface area contributed by atoms with E-state index >= 15 is 0 Å². The number of methoxy groups -OCH3 is 3. The fourth-order valence-corrected chi connectivity index (χ4v) is 3.59. The summed E-state index contributed by atoms with van der Waals surface area (Å²) in [6.07, 6.45) is 1.77. The number of hydrogen-bond donors (Lipinski definition) is 0. The van der Waals surface area contributed by atoms with Crippen LogP contribution < -0.4 is 9.47 Å². The molecular weight excluding hydrogens is 296 g/mol. The van der Waals surface area contributed by atoms with Gasteiger partial charge in [-0.25, -0.2) is 0 Å². The molecule has 1 aromatic rings. The van der Waals surface area contributed by atoms with E-state index in [2.05, 4.69) is 13.8 Å². The third-order valence-corrected chi connectivity index (χ3v) is 4.73. The zero-order valence-corrected chi connectivity index (χ0v) is 14.5. The molecule has 5 heteroatoms. The Hall–Kier alpha value is -1.75. The van der Waals surface area contributed by atoms with Crippen LogP contribution in [0.3, 0.4) is 0 Å². The first-order chi connectivity index (χ1) is 10.9. The van der Waals surface area contributed by atoms with Gasteiger partial charge in [0, 0.05) is 18.6 Å². The van der Waals surface area contributed by atoms with Crippen LogP contribution in [0.2, 0.25) is 0 Å². The van der Waals surface area contributed by atoms with Crippen molar-refractivity contribution in [3.05, 3.63) is 23.8 Å². The molecule has 5 nitrogen and oxygen atoms in total. The molecule has 0 aliphatic heterocycles. The lowest BCUT2D eigenvalue weighted by Gasteiger charge is -2.31. The monoisotopic (exact) mass is 322 g/mol. The molecule has 1 fully saturated rings. The van der Waals surface area contributed by atoms with Gasteiger partial charge in [0.15, 0.2) is 6.79 Å². The summed E-state index contributed by atoms with van der Waals surface area (Å²) in [6.45, 7) is 4.52. The van der Waals surface area contributed by atoms with Crippen molar-refractivity contribution in [2.24, 2.45) is 11.3 Å². The lowest BCUT2D eigenvalue weighted by atomic mass is 9.74. The smallest absolute Gasteiger partial charge is 0.309 e. The fraction of sp³-hybridized carbons (Fsp3) is 0.611. The molecule has 0 bridgehead atoms. The van der Waals surface area contributed by atoms with E-state index in [0.29, 0.717) is 0 Å². The van der Waals surface area contributed by atoms with Gasteiger partial charge in [-0.15, -0.1) is 0 Å². The second-order valence-electron chi connectivity index (χ2n) is 6.59. The van der Waals surface area contributed by atoms with Gasteiger partial charge >= 0.3 is 5.97 Å². The maximum atomic E-state index is 12.2. The van der Waals surface area contributed by atoms with Crippen LogP contribution in [-0.2, 0) is 14.3 Å². The van der Waals surface area contributed by atoms with Gasteiger partial charge in [-0.1, -0.05) is 13.8 Å². The van der Waals surface area contributed by atoms with Gasteiger partial charge in [0.05, 0.1) is 20.1 Å². The predicted molar refractivity (Wildman–Crippen MR) is 86.8 cm³/mol. The SMILES string of the molecule is COCOc1ccc(OC)cc1[C@H]1[C@@H](C(=O)OC)CCC1(C)C. The molecule has 23 heavy (non-hydrogen) atoms. The average Bonchev–Trinajstić information content (AvgIpc) is 2.87. The molecule has 0 amide bonds. The lowest BCUT2D eigenvalue weighted by molar-refractivity contribution is -0.146. The van der Waals surface area contributed by atoms with Crippen molar-refractivity contribution >= 4 is 5.97 Å². The zero-order valence-electron chi connectivity index (χ0n) is 14.5. The van der Waals surface area contributed by atoms with Crippen molar-refractivity contribution in [1.82, 2.24) is 0 Å². The number of carbonyl (C=O) groups excluding carboxylic acids is 1. The Balaban J connectivity index is 2.48. The summed E-state index contributed by atoms with van der Waals surface area (Å²) in [5, 5.41) is 0. The van der Waals surface area contributed by atoms with Crippen LogP contribution in [0.4, 0.5) is 0 Å². The van der Waals surface area contributed by atoms with Crippen molar-refractivity contribution in [1.29, 1.82) is 0 Å². The first-order valence-corrected chi connectivity index (χ1v) is 7.82. The molecule has 0 radical (unpaired) electrons. The second kappa shape index (κ2) is 7.21. The van der Waals surface area contributed by atoms with E-state index in [1.165, 1.54) is 7.11 Å². The average molecular weight is 322 g/mol. The third-order valence-electron chi connectivity index (χ3n) is 4.73. The van der Waals surface area contributed by atoms with Gasteiger partial charge in [0.25, 0.3) is 0 Å². The zero-order chi connectivity index (χ0) is 17.0. The molecule has 1 saturated carbocycles. The van der Waals surface area contributed by atoms with E-state index < -0.39 is 0 Å². The highest BCUT2D eigenvalue weighted by molar-refractivity contribution is 5.74. The van der Waals surface area contributed by atoms with E-state index in [9.17, 15) is 4.79 Å². The molecule has 0 saturated heterocycles. The summed E-state index contributed by atoms with van der Waals surface area (Å²) in [4.78, 5) is 12.2. The number of esters is 1. The maximum Gasteiger partial charge on any atom is 0.309 e. The lowest BCUT2D eigenvalue weighted by Crippen LogP contribution is -2.26. The minimum absolute atomic E-state index is 0.0110. The Kier molecular flexibility index (Phi) is 5.52. The van der Waals surface area contributed by atoms with Gasteiger partial charge in [-0.3, -0.25) is 4.79 Å². The summed E-state index contributed by atoms with van der Waals surface area (Å²) in [5.74, 6) is 1.14. The maximum absolute atomic E-state index is 12.2. The highest BCUT2D eigenvalue weighted by Crippen LogP contribution is 2.55. The molecule has 0 heterocycles. The van der Waals surface area contributed by atoms with Crippen LogP contribution in [0.5, 0.6) is 11.5 Å². The van der Waals surface area contributed by atoms with Crippen LogP contribution in [0.15, 0.2) is 18.2 Å². The molecular formula is C18H26O5. The highest BCUT2D eigenvalue weighted by Gasteiger charge is 2.47. The normalized spacial score (nSPS) is 22.7. The molecule has 0 spiro atoms. The van der Waals surface area contributed by atoms with Crippen LogP contribution in [0.25, 0.3) is 0 Å². The van der Waals surface area contributed by atoms with Crippen molar-refractivity contribution in [3.63, 3.8) is 0 Å². The van der Waals surface area contributed by atoms with Crippen molar-refractivity contribution < 1.29 is 23.7 Å². The first-order valence-electron chi connectivity index (χ1n) is 7.82. The van der Waals surface area contributed by atoms with Crippen LogP contribution >= 0.6 is 0 Å². The molecule has 0 unspecified atom stereocenters. The van der Waals surface area contributed by atoms with E-state index in [0.717, 1.165) is 29.9 Å². The van der Waals surface area contributed by atoms with Crippen LogP contribution in [-0.4, -0.2) is 34.1 Å². The Morgan fingerprint density at radius 1 is 1.26 bits per heavy atom. The standard InChI is InChI=1S/C18H26O5/c1-18(2)9-8-13(17(19)22-5)16(18)14-10-12(21-4)6-7-15(14)23-11-20-3/h6-7,10,13,16H,8-9,11H2,1-5H3/t13-,16+/m0/s1. The van der Waals surface area contributed by atoms with Crippen molar-refractivity contribution in [2.75, 3.05) is 28.1 Å². The number of rotatable bonds is 6. The summed E-state index contributed by atoms with van der Waals surface area (Å²) in [6, 6.07) is 5.68. The van der Waals surface area contributed by atoms with E-state index in [-0.39, 0.29) is 30.0 Å². The van der Waals surface area contributed by atoms with Gasteiger partial charge in [0.1, 0.15) is 11.5 Å². The number of carbonyl (C=O) groups is 1.